The van der Waals surface area contributed by atoms with Crippen LogP contribution in [0.1, 0.15) is 5.56 Å². The lowest BCUT2D eigenvalue weighted by molar-refractivity contribution is -0.136. The minimum absolute atomic E-state index is 0.0864. The number of aromatic nitrogens is 1. The summed E-state index contributed by atoms with van der Waals surface area (Å²) < 4.78 is 43.1. The molecule has 2 nitrogen and oxygen atoms in total. The summed E-state index contributed by atoms with van der Waals surface area (Å²) >= 11 is 5.72. The highest BCUT2D eigenvalue weighted by Crippen LogP contribution is 2.36. The third kappa shape index (κ3) is 2.15. The van der Waals surface area contributed by atoms with Gasteiger partial charge in [0.1, 0.15) is 0 Å². The van der Waals surface area contributed by atoms with Gasteiger partial charge >= 0.3 is 6.18 Å². The van der Waals surface area contributed by atoms with Crippen molar-refractivity contribution in [3.05, 3.63) is 35.0 Å². The van der Waals surface area contributed by atoms with Crippen LogP contribution in [0.5, 0.6) is 5.75 Å². The minimum Gasteiger partial charge on any atom is -0.494 e. The molecule has 0 saturated heterocycles. The van der Waals surface area contributed by atoms with Crippen molar-refractivity contribution in [1.82, 2.24) is 4.98 Å². The van der Waals surface area contributed by atoms with Gasteiger partial charge in [-0.3, -0.25) is 0 Å². The Hall–Kier alpha value is -1.49. The Bertz CT molecular complexity index is 568. The van der Waals surface area contributed by atoms with E-state index in [-0.39, 0.29) is 16.4 Å². The lowest BCUT2D eigenvalue weighted by Crippen LogP contribution is -2.06. The number of ether oxygens (including phenoxy) is 1. The van der Waals surface area contributed by atoms with Gasteiger partial charge < -0.3 is 4.74 Å². The van der Waals surface area contributed by atoms with Crippen LogP contribution in [0.15, 0.2) is 24.3 Å². The van der Waals surface area contributed by atoms with Gasteiger partial charge in [-0.05, 0) is 12.1 Å². The number of benzene rings is 1. The Balaban J connectivity index is 2.78. The van der Waals surface area contributed by atoms with Crippen molar-refractivity contribution < 1.29 is 17.9 Å². The topological polar surface area (TPSA) is 22.1 Å². The Morgan fingerprint density at radius 1 is 1.29 bits per heavy atom. The van der Waals surface area contributed by atoms with E-state index in [1.54, 1.807) is 0 Å². The maximum absolute atomic E-state index is 12.7. The fourth-order valence-corrected chi connectivity index (χ4v) is 1.74. The van der Waals surface area contributed by atoms with Crippen LogP contribution in [0.3, 0.4) is 0 Å². The first-order valence-corrected chi connectivity index (χ1v) is 5.01. The second-order valence-corrected chi connectivity index (χ2v) is 3.71. The van der Waals surface area contributed by atoms with E-state index in [4.69, 9.17) is 16.3 Å². The SMILES string of the molecule is COc1cc2cccc(C(F)(F)F)c2nc1Cl. The summed E-state index contributed by atoms with van der Waals surface area (Å²) in [6, 6.07) is 5.24. The summed E-state index contributed by atoms with van der Waals surface area (Å²) in [6.45, 7) is 0. The van der Waals surface area contributed by atoms with Crippen LogP contribution in [0.2, 0.25) is 5.15 Å². The van der Waals surface area contributed by atoms with E-state index >= 15 is 0 Å². The Morgan fingerprint density at radius 3 is 2.59 bits per heavy atom. The van der Waals surface area contributed by atoms with Gasteiger partial charge in [0.05, 0.1) is 18.2 Å². The van der Waals surface area contributed by atoms with E-state index in [9.17, 15) is 13.2 Å². The summed E-state index contributed by atoms with van der Waals surface area (Å²) in [6.07, 6.45) is -4.45. The molecular formula is C11H7ClF3NO. The number of rotatable bonds is 1. The summed E-state index contributed by atoms with van der Waals surface area (Å²) in [7, 11) is 1.38. The summed E-state index contributed by atoms with van der Waals surface area (Å²) in [5, 5.41) is 0.248. The van der Waals surface area contributed by atoms with E-state index in [1.807, 2.05) is 0 Å². The molecule has 0 aliphatic rings. The first kappa shape index (κ1) is 12.0. The smallest absolute Gasteiger partial charge is 0.418 e. The van der Waals surface area contributed by atoms with Crippen molar-refractivity contribution in [1.29, 1.82) is 0 Å². The Labute approximate surface area is 100.0 Å². The Morgan fingerprint density at radius 2 is 2.00 bits per heavy atom. The molecule has 6 heteroatoms. The van der Waals surface area contributed by atoms with Crippen molar-refractivity contribution in [2.75, 3.05) is 7.11 Å². The van der Waals surface area contributed by atoms with E-state index in [0.29, 0.717) is 5.39 Å². The maximum Gasteiger partial charge on any atom is 0.418 e. The van der Waals surface area contributed by atoms with Gasteiger partial charge in [-0.2, -0.15) is 13.2 Å². The zero-order valence-electron chi connectivity index (χ0n) is 8.68. The van der Waals surface area contributed by atoms with Gasteiger partial charge in [-0.25, -0.2) is 4.98 Å². The maximum atomic E-state index is 12.7. The molecule has 0 N–H and O–H groups in total. The molecule has 0 saturated carbocycles. The van der Waals surface area contributed by atoms with Crippen LogP contribution < -0.4 is 4.74 Å². The molecule has 0 fully saturated rings. The lowest BCUT2D eigenvalue weighted by Gasteiger charge is -2.11. The summed E-state index contributed by atoms with van der Waals surface area (Å²) in [4.78, 5) is 3.73. The predicted molar refractivity (Wildman–Crippen MR) is 58.3 cm³/mol. The molecule has 0 aliphatic carbocycles. The largest absolute Gasteiger partial charge is 0.494 e. The molecule has 1 aromatic heterocycles. The van der Waals surface area contributed by atoms with Crippen molar-refractivity contribution in [3.63, 3.8) is 0 Å². The third-order valence-electron chi connectivity index (χ3n) is 2.29. The normalized spacial score (nSPS) is 11.8. The number of halogens is 4. The van der Waals surface area contributed by atoms with Gasteiger partial charge in [-0.1, -0.05) is 23.7 Å². The van der Waals surface area contributed by atoms with Crippen LogP contribution in [-0.2, 0) is 6.18 Å². The highest BCUT2D eigenvalue weighted by Gasteiger charge is 2.33. The number of hydrogen-bond donors (Lipinski definition) is 0. The van der Waals surface area contributed by atoms with E-state index < -0.39 is 11.7 Å². The molecule has 1 heterocycles. The number of hydrogen-bond acceptors (Lipinski definition) is 2. The number of fused-ring (bicyclic) bond motifs is 1. The molecule has 17 heavy (non-hydrogen) atoms. The first-order valence-electron chi connectivity index (χ1n) is 4.64. The summed E-state index contributed by atoms with van der Waals surface area (Å²) in [5.74, 6) is 0.249. The van der Waals surface area contributed by atoms with Crippen LogP contribution in [0, 0.1) is 0 Å². The number of para-hydroxylation sites is 1. The van der Waals surface area contributed by atoms with Gasteiger partial charge in [0.15, 0.2) is 10.9 Å². The van der Waals surface area contributed by atoms with Crippen molar-refractivity contribution in [3.8, 4) is 5.75 Å². The molecule has 1 aromatic carbocycles. The lowest BCUT2D eigenvalue weighted by atomic mass is 10.1. The van der Waals surface area contributed by atoms with E-state index in [1.165, 1.54) is 25.3 Å². The minimum atomic E-state index is -4.45. The molecule has 0 spiro atoms. The molecule has 0 aliphatic heterocycles. The second-order valence-electron chi connectivity index (χ2n) is 3.36. The molecule has 0 atom stereocenters. The standard InChI is InChI=1S/C11H7ClF3NO/c1-17-8-5-6-3-2-4-7(11(13,14)15)9(6)16-10(8)12/h2-5H,1H3. The second kappa shape index (κ2) is 4.07. The average Bonchev–Trinajstić information content (AvgIpc) is 2.26. The van der Waals surface area contributed by atoms with Gasteiger partial charge in [-0.15, -0.1) is 0 Å². The molecule has 90 valence electrons. The number of alkyl halides is 3. The molecular weight excluding hydrogens is 255 g/mol. The Kier molecular flexibility index (Phi) is 2.87. The first-order chi connectivity index (χ1) is 7.93. The highest BCUT2D eigenvalue weighted by atomic mass is 35.5. The van der Waals surface area contributed by atoms with Crippen LogP contribution in [0.4, 0.5) is 13.2 Å². The zero-order chi connectivity index (χ0) is 12.6. The van der Waals surface area contributed by atoms with E-state index in [2.05, 4.69) is 4.98 Å². The van der Waals surface area contributed by atoms with Crippen molar-refractivity contribution in [2.24, 2.45) is 0 Å². The number of nitrogens with zero attached hydrogens (tertiary/aromatic N) is 1. The van der Waals surface area contributed by atoms with Crippen LogP contribution >= 0.6 is 11.6 Å². The fraction of sp³-hybridized carbons (Fsp3) is 0.182. The predicted octanol–water partition coefficient (Wildman–Crippen LogP) is 3.92. The highest BCUT2D eigenvalue weighted by molar-refractivity contribution is 6.31. The molecule has 0 unspecified atom stereocenters. The fourth-order valence-electron chi connectivity index (χ4n) is 1.53. The van der Waals surface area contributed by atoms with Gasteiger partial charge in [0.25, 0.3) is 0 Å². The van der Waals surface area contributed by atoms with E-state index in [0.717, 1.165) is 6.07 Å². The molecule has 0 radical (unpaired) electrons. The summed E-state index contributed by atoms with van der Waals surface area (Å²) in [5.41, 5.74) is -0.981. The number of methoxy groups -OCH3 is 1. The van der Waals surface area contributed by atoms with Crippen LogP contribution in [-0.4, -0.2) is 12.1 Å². The molecule has 0 amide bonds. The monoisotopic (exact) mass is 261 g/mol. The zero-order valence-corrected chi connectivity index (χ0v) is 9.43. The third-order valence-corrected chi connectivity index (χ3v) is 2.56. The quantitative estimate of drug-likeness (QED) is 0.726. The van der Waals surface area contributed by atoms with Crippen molar-refractivity contribution >= 4 is 22.5 Å². The van der Waals surface area contributed by atoms with Gasteiger partial charge in [0.2, 0.25) is 0 Å². The average molecular weight is 262 g/mol. The number of pyridine rings is 1. The molecule has 2 aromatic rings. The van der Waals surface area contributed by atoms with Gasteiger partial charge in [0, 0.05) is 5.39 Å². The van der Waals surface area contributed by atoms with Crippen LogP contribution in [0.25, 0.3) is 10.9 Å². The molecule has 2 rings (SSSR count). The van der Waals surface area contributed by atoms with Crippen molar-refractivity contribution in [2.45, 2.75) is 6.18 Å². The molecule has 0 bridgehead atoms.